The number of nitrogens with zero attached hydrogens (tertiary/aromatic N) is 2. The highest BCUT2D eigenvalue weighted by atomic mass is 16.5. The first-order valence-electron chi connectivity index (χ1n) is 8.50. The van der Waals surface area contributed by atoms with Gasteiger partial charge in [0.15, 0.2) is 0 Å². The third-order valence-electron chi connectivity index (χ3n) is 4.00. The third-order valence-corrected chi connectivity index (χ3v) is 4.00. The molecule has 0 aliphatic rings. The van der Waals surface area contributed by atoms with Crippen LogP contribution < -0.4 is 15.0 Å². The topological polar surface area (TPSA) is 54.5 Å². The summed E-state index contributed by atoms with van der Waals surface area (Å²) in [5.74, 6) is 1.41. The molecule has 132 valence electrons. The van der Waals surface area contributed by atoms with Crippen molar-refractivity contribution in [1.82, 2.24) is 10.3 Å². The monoisotopic (exact) mass is 347 g/mol. The summed E-state index contributed by atoms with van der Waals surface area (Å²) in [7, 11) is 1.62. The molecule has 0 saturated heterocycles. The third kappa shape index (κ3) is 4.00. The van der Waals surface area contributed by atoms with Gasteiger partial charge in [-0.2, -0.15) is 0 Å². The van der Waals surface area contributed by atoms with Gasteiger partial charge >= 0.3 is 6.03 Å². The standard InChI is InChI=1S/C21H21N3O2/c1-3-16-4-6-17(7-5-16)24(21(25)22-2)18-8-10-19(11-9-18)26-20-12-14-23-15-13-20/h4-15H,3H2,1-2H3,(H,22,25). The first-order chi connectivity index (χ1) is 12.7. The van der Waals surface area contributed by atoms with Crippen LogP contribution in [0.4, 0.5) is 16.2 Å². The van der Waals surface area contributed by atoms with Crippen molar-refractivity contribution in [3.63, 3.8) is 0 Å². The van der Waals surface area contributed by atoms with Crippen molar-refractivity contribution >= 4 is 17.4 Å². The van der Waals surface area contributed by atoms with Gasteiger partial charge in [-0.15, -0.1) is 0 Å². The lowest BCUT2D eigenvalue weighted by Crippen LogP contribution is -2.34. The van der Waals surface area contributed by atoms with Crippen LogP contribution in [0.3, 0.4) is 0 Å². The van der Waals surface area contributed by atoms with Crippen LogP contribution in [0.1, 0.15) is 12.5 Å². The van der Waals surface area contributed by atoms with E-state index in [0.717, 1.165) is 17.8 Å². The average molecular weight is 347 g/mol. The van der Waals surface area contributed by atoms with E-state index in [2.05, 4.69) is 17.2 Å². The minimum atomic E-state index is -0.197. The number of hydrogen-bond acceptors (Lipinski definition) is 3. The van der Waals surface area contributed by atoms with E-state index in [1.54, 1.807) is 36.5 Å². The number of amides is 2. The van der Waals surface area contributed by atoms with Crippen molar-refractivity contribution < 1.29 is 9.53 Å². The molecule has 1 aromatic heterocycles. The Morgan fingerprint density at radius 1 is 0.923 bits per heavy atom. The maximum atomic E-state index is 12.4. The van der Waals surface area contributed by atoms with E-state index in [0.29, 0.717) is 11.5 Å². The van der Waals surface area contributed by atoms with E-state index in [1.165, 1.54) is 5.56 Å². The normalized spacial score (nSPS) is 10.2. The van der Waals surface area contributed by atoms with Gasteiger partial charge in [-0.1, -0.05) is 19.1 Å². The van der Waals surface area contributed by atoms with Crippen LogP contribution >= 0.6 is 0 Å². The molecule has 3 rings (SSSR count). The van der Waals surface area contributed by atoms with Crippen molar-refractivity contribution in [1.29, 1.82) is 0 Å². The molecule has 5 heteroatoms. The highest BCUT2D eigenvalue weighted by Crippen LogP contribution is 2.29. The highest BCUT2D eigenvalue weighted by Gasteiger charge is 2.16. The molecule has 0 aliphatic heterocycles. The van der Waals surface area contributed by atoms with Crippen LogP contribution in [0.15, 0.2) is 73.1 Å². The smallest absolute Gasteiger partial charge is 0.326 e. The van der Waals surface area contributed by atoms with Gasteiger partial charge in [0.05, 0.1) is 11.4 Å². The number of carbonyl (C=O) groups excluding carboxylic acids is 1. The number of ether oxygens (including phenoxy) is 1. The molecule has 3 aromatic rings. The Kier molecular flexibility index (Phi) is 5.49. The van der Waals surface area contributed by atoms with E-state index in [4.69, 9.17) is 4.74 Å². The molecule has 0 saturated carbocycles. The van der Waals surface area contributed by atoms with Crippen LogP contribution in [0, 0.1) is 0 Å². The zero-order valence-electron chi connectivity index (χ0n) is 14.8. The second kappa shape index (κ2) is 8.16. The molecular formula is C21H21N3O2. The summed E-state index contributed by atoms with van der Waals surface area (Å²) in [6.45, 7) is 2.10. The molecule has 1 heterocycles. The van der Waals surface area contributed by atoms with Crippen LogP contribution in [0.2, 0.25) is 0 Å². The molecule has 2 amide bonds. The molecule has 5 nitrogen and oxygen atoms in total. The zero-order chi connectivity index (χ0) is 18.4. The molecule has 0 fully saturated rings. The summed E-state index contributed by atoms with van der Waals surface area (Å²) < 4.78 is 5.78. The number of aryl methyl sites for hydroxylation is 1. The Bertz CT molecular complexity index is 847. The molecule has 0 radical (unpaired) electrons. The Morgan fingerprint density at radius 2 is 1.46 bits per heavy atom. The van der Waals surface area contributed by atoms with Crippen molar-refractivity contribution in [3.8, 4) is 11.5 Å². The van der Waals surface area contributed by atoms with E-state index >= 15 is 0 Å². The molecule has 0 unspecified atom stereocenters. The second-order valence-corrected chi connectivity index (χ2v) is 5.69. The van der Waals surface area contributed by atoms with Crippen molar-refractivity contribution in [2.75, 3.05) is 11.9 Å². The summed E-state index contributed by atoms with van der Waals surface area (Å²) in [5, 5.41) is 2.69. The maximum absolute atomic E-state index is 12.4. The largest absolute Gasteiger partial charge is 0.457 e. The van der Waals surface area contributed by atoms with Gasteiger partial charge in [0.25, 0.3) is 0 Å². The van der Waals surface area contributed by atoms with Gasteiger partial charge in [-0.05, 0) is 60.5 Å². The lowest BCUT2D eigenvalue weighted by Gasteiger charge is -2.23. The zero-order valence-corrected chi connectivity index (χ0v) is 14.8. The first-order valence-corrected chi connectivity index (χ1v) is 8.50. The summed E-state index contributed by atoms with van der Waals surface area (Å²) in [6, 6.07) is 18.8. The van der Waals surface area contributed by atoms with Crippen molar-refractivity contribution in [2.24, 2.45) is 0 Å². The lowest BCUT2D eigenvalue weighted by molar-refractivity contribution is 0.250. The Morgan fingerprint density at radius 3 is 2.00 bits per heavy atom. The van der Waals surface area contributed by atoms with E-state index < -0.39 is 0 Å². The van der Waals surface area contributed by atoms with Gasteiger partial charge in [0.1, 0.15) is 11.5 Å². The molecular weight excluding hydrogens is 326 g/mol. The van der Waals surface area contributed by atoms with Crippen LogP contribution in [-0.4, -0.2) is 18.1 Å². The number of urea groups is 1. The van der Waals surface area contributed by atoms with E-state index in [1.807, 2.05) is 48.5 Å². The quantitative estimate of drug-likeness (QED) is 0.713. The Balaban J connectivity index is 1.85. The maximum Gasteiger partial charge on any atom is 0.326 e. The molecule has 0 spiro atoms. The van der Waals surface area contributed by atoms with Crippen molar-refractivity contribution in [3.05, 3.63) is 78.6 Å². The number of benzene rings is 2. The fourth-order valence-corrected chi connectivity index (χ4v) is 2.58. The Labute approximate surface area is 153 Å². The fourth-order valence-electron chi connectivity index (χ4n) is 2.58. The molecule has 0 aliphatic carbocycles. The van der Waals surface area contributed by atoms with Gasteiger partial charge in [0.2, 0.25) is 0 Å². The number of pyridine rings is 1. The van der Waals surface area contributed by atoms with Crippen LogP contribution in [0.5, 0.6) is 11.5 Å². The minimum Gasteiger partial charge on any atom is -0.457 e. The van der Waals surface area contributed by atoms with Gasteiger partial charge in [0, 0.05) is 19.4 Å². The summed E-state index contributed by atoms with van der Waals surface area (Å²) in [5.41, 5.74) is 2.80. The number of anilines is 2. The Hall–Kier alpha value is -3.34. The number of rotatable bonds is 5. The average Bonchev–Trinajstić information content (AvgIpc) is 2.70. The van der Waals surface area contributed by atoms with Gasteiger partial charge in [-0.3, -0.25) is 9.88 Å². The van der Waals surface area contributed by atoms with Crippen LogP contribution in [0.25, 0.3) is 0 Å². The van der Waals surface area contributed by atoms with Gasteiger partial charge in [-0.25, -0.2) is 4.79 Å². The second-order valence-electron chi connectivity index (χ2n) is 5.69. The van der Waals surface area contributed by atoms with Crippen molar-refractivity contribution in [2.45, 2.75) is 13.3 Å². The number of carbonyl (C=O) groups is 1. The first kappa shape index (κ1) is 17.5. The molecule has 26 heavy (non-hydrogen) atoms. The predicted octanol–water partition coefficient (Wildman–Crippen LogP) is 4.91. The molecule has 1 N–H and O–H groups in total. The molecule has 2 aromatic carbocycles. The number of nitrogens with one attached hydrogen (secondary N) is 1. The lowest BCUT2D eigenvalue weighted by atomic mass is 10.1. The molecule has 0 atom stereocenters. The van der Waals surface area contributed by atoms with E-state index in [-0.39, 0.29) is 6.03 Å². The summed E-state index contributed by atoms with van der Waals surface area (Å²) in [6.07, 6.45) is 4.31. The predicted molar refractivity (Wildman–Crippen MR) is 103 cm³/mol. The highest BCUT2D eigenvalue weighted by molar-refractivity contribution is 5.99. The van der Waals surface area contributed by atoms with E-state index in [9.17, 15) is 4.79 Å². The SMILES string of the molecule is CCc1ccc(N(C(=O)NC)c2ccc(Oc3ccncc3)cc2)cc1. The number of aromatic nitrogens is 1. The van der Waals surface area contributed by atoms with Gasteiger partial charge < -0.3 is 10.1 Å². The summed E-state index contributed by atoms with van der Waals surface area (Å²) in [4.78, 5) is 18.0. The fraction of sp³-hybridized carbons (Fsp3) is 0.143. The summed E-state index contributed by atoms with van der Waals surface area (Å²) >= 11 is 0. The minimum absolute atomic E-state index is 0.197. The van der Waals surface area contributed by atoms with Crippen LogP contribution in [-0.2, 0) is 6.42 Å². The number of hydrogen-bond donors (Lipinski definition) is 1. The molecule has 0 bridgehead atoms.